The summed E-state index contributed by atoms with van der Waals surface area (Å²) in [5.41, 5.74) is -3.16. The lowest BCUT2D eigenvalue weighted by atomic mass is 9.99. The minimum atomic E-state index is -0.967. The van der Waals surface area contributed by atoms with Crippen molar-refractivity contribution in [2.24, 2.45) is 5.41 Å². The number of aromatic nitrogens is 4. The highest BCUT2D eigenvalue weighted by atomic mass is 19.2. The van der Waals surface area contributed by atoms with Crippen LogP contribution in [-0.4, -0.2) is 414 Å². The zero-order valence-electron chi connectivity index (χ0n) is 99.1. The van der Waals surface area contributed by atoms with Gasteiger partial charge in [-0.3, -0.25) is 19.6 Å². The minimum absolute atomic E-state index is 0.00851. The Kier molecular flexibility index (Phi) is 79.1. The Morgan fingerprint density at radius 3 is 0.964 bits per heavy atom. The van der Waals surface area contributed by atoms with E-state index >= 15 is 0 Å². The maximum absolute atomic E-state index is 13.5. The largest absolute Gasteiger partial charge is 0.389 e. The van der Waals surface area contributed by atoms with Crippen molar-refractivity contribution < 1.29 is 75.5 Å². The summed E-state index contributed by atoms with van der Waals surface area (Å²) in [7, 11) is 18.3. The van der Waals surface area contributed by atoms with Gasteiger partial charge in [0.2, 0.25) is 0 Å². The van der Waals surface area contributed by atoms with Crippen molar-refractivity contribution in [3.05, 3.63) is 48.6 Å². The van der Waals surface area contributed by atoms with Crippen molar-refractivity contribution in [3.8, 4) is 0 Å². The summed E-state index contributed by atoms with van der Waals surface area (Å²) in [4.78, 5) is 35.6. The standard InChI is InChI=1S/C12H24FNO.C11H22FNO.C11H18N2O.C10H20FNO.C10H16N2O.C10H23NO2.C10H23NO.C9H21NO2.2C9H21NO.C8H19NO/c1-11(2,3)15-9-5-7-14-8-6-12(4,13)10-14;1-10(2,3)14-7-5-6-13-8-11(4,12)9-13;1-11(2,3)14-9-4-6-10-12-7-5-8-13-10;1-9(2,3)13-6-5-12-7-10(4,11)8-12;1-10(2,3)13-8-5-9-11-6-4-7-12-9;1-6-11(5)7-9(12)8-13-10(2,3)4;1-6-11(5)8-7-9-12-10(2,3)4;1-9(2,3)12-7-8(11)6-10(4)5;1-9(2,3)11-8-6-7-10(4)5;1-6-10(5)7-8-11-9(2,3)4;1-8(2,3)6-10-7-9(4)5/h5-10H2,1-4H3;5-9H2,1-4H3;5,7-8H,4,6,9H2,1-3H3;5-8H2,1-4H3;4,6-7H,5,8H2,1-3H3;9,12H,6-8H2,1-5H3;6-9H2,1-5H3;8,11H,6-7H2,1-5H3;2*6-8H2,1-5H3;6-7H2,1-5H3. The Morgan fingerprint density at radius 2 is 0.638 bits per heavy atom. The SMILES string of the molecule is CC(C)(C)OCCCc1ncccn1.CC(C)(C)OCCc1ncccn1.CC1(F)CCN(CCCOC(C)(C)C)C1.CC1(F)CN(CCCOC(C)(C)C)C1.CC1(F)CN(CCOC(C)(C)C)C1.CCN(C)CC(O)COC(C)(C)C.CCN(C)CCCOC(C)(C)C.CCN(C)CCOC(C)(C)C.CN(C)CC(O)COC(C)(C)C.CN(C)CCCOC(C)(C)C.CN(C)COCC(C)(C)C. The lowest BCUT2D eigenvalue weighted by Crippen LogP contribution is -2.57. The number of alkyl halides is 3. The Labute approximate surface area is 849 Å². The van der Waals surface area contributed by atoms with E-state index in [1.807, 2.05) is 140 Å². The lowest BCUT2D eigenvalue weighted by Gasteiger charge is -2.42. The number of likely N-dealkylation sites (tertiary alicyclic amines) is 3. The van der Waals surface area contributed by atoms with E-state index in [-0.39, 0.29) is 73.6 Å². The van der Waals surface area contributed by atoms with Crippen LogP contribution in [-0.2, 0) is 64.9 Å². The molecule has 0 aliphatic carbocycles. The molecule has 2 N–H and O–H groups in total. The van der Waals surface area contributed by atoms with E-state index in [2.05, 4.69) is 249 Å². The van der Waals surface area contributed by atoms with Crippen LogP contribution in [0.5, 0.6) is 0 Å². The molecule has 0 amide bonds. The molecule has 0 bridgehead atoms. The number of aryl methyl sites for hydroxylation is 1. The topological polar surface area (TPSA) is 223 Å². The zero-order valence-corrected chi connectivity index (χ0v) is 99.1. The molecule has 0 saturated carbocycles. The second-order valence-electron chi connectivity index (χ2n) is 49.5. The lowest BCUT2D eigenvalue weighted by molar-refractivity contribution is -0.0581. The molecule has 828 valence electrons. The average Bonchev–Trinajstić information content (AvgIpc) is 1.09. The van der Waals surface area contributed by atoms with Gasteiger partial charge in [-0.15, -0.1) is 0 Å². The molecule has 3 aliphatic rings. The van der Waals surface area contributed by atoms with Gasteiger partial charge in [-0.2, -0.15) is 0 Å². The molecule has 5 rings (SSSR count). The maximum Gasteiger partial charge on any atom is 0.133 e. The Morgan fingerprint density at radius 1 is 0.333 bits per heavy atom. The molecule has 3 atom stereocenters. The molecule has 3 aliphatic heterocycles. The summed E-state index contributed by atoms with van der Waals surface area (Å²) in [6, 6.07) is 3.64. The molecule has 3 saturated heterocycles. The van der Waals surface area contributed by atoms with Gasteiger partial charge >= 0.3 is 0 Å². The van der Waals surface area contributed by atoms with Crippen molar-refractivity contribution in [2.75, 3.05) is 254 Å². The van der Waals surface area contributed by atoms with Crippen molar-refractivity contribution in [1.82, 2.24) is 64.0 Å². The third-order valence-corrected chi connectivity index (χ3v) is 18.7. The minimum Gasteiger partial charge on any atom is -0.389 e. The fourth-order valence-corrected chi connectivity index (χ4v) is 11.6. The number of ether oxygens (including phenoxy) is 11. The molecule has 2 aromatic heterocycles. The first-order chi connectivity index (χ1) is 62.4. The van der Waals surface area contributed by atoms with Crippen LogP contribution >= 0.6 is 0 Å². The quantitative estimate of drug-likeness (QED) is 0.0465. The van der Waals surface area contributed by atoms with Crippen LogP contribution < -0.4 is 0 Å². The number of aliphatic hydroxyl groups is 2. The molecular weight excluding hydrogens is 1760 g/mol. The normalized spacial score (nSPS) is 16.5. The summed E-state index contributed by atoms with van der Waals surface area (Å²) in [5.74, 6) is 1.73. The van der Waals surface area contributed by atoms with Crippen molar-refractivity contribution in [2.45, 2.75) is 407 Å². The predicted molar refractivity (Wildman–Crippen MR) is 577 cm³/mol. The van der Waals surface area contributed by atoms with Gasteiger partial charge in [0.1, 0.15) is 28.7 Å². The second kappa shape index (κ2) is 74.9. The van der Waals surface area contributed by atoms with E-state index in [1.165, 1.54) is 0 Å². The number of likely N-dealkylation sites (N-methyl/N-ethyl adjacent to an activating group) is 3. The molecule has 0 aromatic carbocycles. The molecule has 0 radical (unpaired) electrons. The van der Waals surface area contributed by atoms with Crippen LogP contribution in [0.3, 0.4) is 0 Å². The van der Waals surface area contributed by atoms with E-state index in [1.54, 1.807) is 45.6 Å². The van der Waals surface area contributed by atoms with Crippen LogP contribution in [0.2, 0.25) is 0 Å². The highest BCUT2D eigenvalue weighted by molar-refractivity contribution is 4.94. The number of halogens is 3. The van der Waals surface area contributed by atoms with Crippen LogP contribution in [0, 0.1) is 5.41 Å². The Bertz CT molecular complexity index is 3050. The fraction of sp³-hybridized carbons (Fsp3) is 0.927. The van der Waals surface area contributed by atoms with Gasteiger partial charge < -0.3 is 86.8 Å². The first-order valence-electron chi connectivity index (χ1n) is 51.5. The highest BCUT2D eigenvalue weighted by Gasteiger charge is 2.39. The molecule has 29 heteroatoms. The van der Waals surface area contributed by atoms with Crippen molar-refractivity contribution in [3.63, 3.8) is 0 Å². The first kappa shape index (κ1) is 146. The molecule has 3 unspecified atom stereocenters. The zero-order chi connectivity index (χ0) is 109. The van der Waals surface area contributed by atoms with Gasteiger partial charge in [0.15, 0.2) is 0 Å². The average molecular weight is 1990 g/mol. The molecule has 138 heavy (non-hydrogen) atoms. The molecule has 0 spiro atoms. The third kappa shape index (κ3) is 122. The number of rotatable bonds is 43. The van der Waals surface area contributed by atoms with E-state index in [0.717, 1.165) is 175 Å². The smallest absolute Gasteiger partial charge is 0.133 e. The van der Waals surface area contributed by atoms with Crippen LogP contribution in [0.1, 0.15) is 320 Å². The van der Waals surface area contributed by atoms with Crippen LogP contribution in [0.15, 0.2) is 36.9 Å². The van der Waals surface area contributed by atoms with Gasteiger partial charge in [-0.25, -0.2) is 33.1 Å². The monoisotopic (exact) mass is 1980 g/mol. The summed E-state index contributed by atoms with van der Waals surface area (Å²) in [5, 5.41) is 19.0. The predicted octanol–water partition coefficient (Wildman–Crippen LogP) is 19.8. The maximum atomic E-state index is 13.5. The second-order valence-corrected chi connectivity index (χ2v) is 49.5. The van der Waals surface area contributed by atoms with Gasteiger partial charge in [-0.05, 0) is 374 Å². The molecule has 2 aromatic rings. The van der Waals surface area contributed by atoms with E-state index in [9.17, 15) is 23.4 Å². The number of hydrogen-bond acceptors (Lipinski definition) is 26. The Hall–Kier alpha value is -2.93. The molecule has 5 heterocycles. The number of hydrogen-bond donors (Lipinski definition) is 2. The van der Waals surface area contributed by atoms with Crippen LogP contribution in [0.25, 0.3) is 0 Å². The van der Waals surface area contributed by atoms with Gasteiger partial charge in [0.05, 0.1) is 115 Å². The van der Waals surface area contributed by atoms with Gasteiger partial charge in [0.25, 0.3) is 0 Å². The third-order valence-electron chi connectivity index (χ3n) is 18.7. The summed E-state index contributed by atoms with van der Waals surface area (Å²) < 4.78 is 100. The van der Waals surface area contributed by atoms with Gasteiger partial charge in [-0.1, -0.05) is 41.5 Å². The Balaban J connectivity index is -0.000000348. The number of aliphatic hydroxyl groups excluding tert-OH is 2. The number of nitrogens with zero attached hydrogens (tertiary/aromatic N) is 13. The molecule has 26 nitrogen and oxygen atoms in total. The van der Waals surface area contributed by atoms with E-state index < -0.39 is 17.0 Å². The molecule has 3 fully saturated rings. The van der Waals surface area contributed by atoms with Crippen molar-refractivity contribution in [1.29, 1.82) is 0 Å². The first-order valence-corrected chi connectivity index (χ1v) is 51.5. The van der Waals surface area contributed by atoms with E-state index in [4.69, 9.17) is 52.1 Å². The molecular formula is C109H228F3N13O13. The summed E-state index contributed by atoms with van der Waals surface area (Å²) in [6.07, 6.45) is 13.8. The van der Waals surface area contributed by atoms with Crippen LogP contribution in [0.4, 0.5) is 13.2 Å². The summed E-state index contributed by atoms with van der Waals surface area (Å²) in [6.45, 7) is 102. The van der Waals surface area contributed by atoms with Crippen molar-refractivity contribution >= 4 is 0 Å². The summed E-state index contributed by atoms with van der Waals surface area (Å²) >= 11 is 0. The van der Waals surface area contributed by atoms with E-state index in [0.29, 0.717) is 78.7 Å². The van der Waals surface area contributed by atoms with Gasteiger partial charge in [0, 0.05) is 156 Å². The highest BCUT2D eigenvalue weighted by Crippen LogP contribution is 2.27. The fourth-order valence-electron chi connectivity index (χ4n) is 11.6.